The molecule has 1 N–H and O–H groups in total. The lowest BCUT2D eigenvalue weighted by Crippen LogP contribution is -2.15. The lowest BCUT2D eigenvalue weighted by Gasteiger charge is -2.09. The monoisotopic (exact) mass is 287 g/mol. The Morgan fingerprint density at radius 2 is 2.05 bits per heavy atom. The summed E-state index contributed by atoms with van der Waals surface area (Å²) in [5, 5.41) is 3.55. The van der Waals surface area contributed by atoms with Gasteiger partial charge in [-0.15, -0.1) is 0 Å². The van der Waals surface area contributed by atoms with Gasteiger partial charge >= 0.3 is 0 Å². The van der Waals surface area contributed by atoms with Gasteiger partial charge in [0.25, 0.3) is 0 Å². The summed E-state index contributed by atoms with van der Waals surface area (Å²) in [5.74, 6) is 0.255. The Morgan fingerprint density at radius 1 is 1.25 bits per heavy atom. The van der Waals surface area contributed by atoms with E-state index in [1.165, 1.54) is 11.8 Å². The lowest BCUT2D eigenvalue weighted by atomic mass is 10.1. The van der Waals surface area contributed by atoms with Crippen molar-refractivity contribution in [2.24, 2.45) is 0 Å². The summed E-state index contributed by atoms with van der Waals surface area (Å²) in [6.45, 7) is 5.93. The molecule has 1 heterocycles. The number of anilines is 1. The molecule has 2 rings (SSSR count). The highest BCUT2D eigenvalue weighted by Crippen LogP contribution is 2.19. The molecule has 0 atom stereocenters. The maximum atomic E-state index is 11.9. The fourth-order valence-corrected chi connectivity index (χ4v) is 2.37. The number of aromatic nitrogens is 2. The minimum atomic E-state index is -0.0474. The van der Waals surface area contributed by atoms with Crippen molar-refractivity contribution in [3.8, 4) is 0 Å². The topological polar surface area (TPSA) is 54.9 Å². The molecular formula is C15H17N3OS. The van der Waals surface area contributed by atoms with Crippen molar-refractivity contribution in [1.82, 2.24) is 9.97 Å². The van der Waals surface area contributed by atoms with Crippen LogP contribution >= 0.6 is 11.8 Å². The van der Waals surface area contributed by atoms with Crippen molar-refractivity contribution in [1.29, 1.82) is 0 Å². The Labute approximate surface area is 123 Å². The zero-order chi connectivity index (χ0) is 14.5. The molecule has 0 radical (unpaired) electrons. The Hall–Kier alpha value is -1.88. The number of amides is 1. The fourth-order valence-electron chi connectivity index (χ4n) is 1.70. The summed E-state index contributed by atoms with van der Waals surface area (Å²) in [5.41, 5.74) is 4.02. The van der Waals surface area contributed by atoms with Crippen LogP contribution in [-0.2, 0) is 4.79 Å². The van der Waals surface area contributed by atoms with Crippen molar-refractivity contribution in [3.63, 3.8) is 0 Å². The molecule has 1 aromatic carbocycles. The van der Waals surface area contributed by atoms with Gasteiger partial charge < -0.3 is 5.32 Å². The minimum Gasteiger partial charge on any atom is -0.325 e. The lowest BCUT2D eigenvalue weighted by molar-refractivity contribution is -0.113. The molecule has 0 bridgehead atoms. The van der Waals surface area contributed by atoms with E-state index in [1.807, 2.05) is 45.0 Å². The van der Waals surface area contributed by atoms with Gasteiger partial charge in [0.2, 0.25) is 5.91 Å². The van der Waals surface area contributed by atoms with Crippen LogP contribution in [0, 0.1) is 20.8 Å². The van der Waals surface area contributed by atoms with Gasteiger partial charge in [-0.2, -0.15) is 0 Å². The summed E-state index contributed by atoms with van der Waals surface area (Å²) in [6, 6.07) is 7.71. The molecule has 5 heteroatoms. The molecule has 0 fully saturated rings. The Kier molecular flexibility index (Phi) is 4.74. The number of rotatable bonds is 4. The highest BCUT2D eigenvalue weighted by Gasteiger charge is 2.07. The van der Waals surface area contributed by atoms with Gasteiger partial charge in [0, 0.05) is 17.6 Å². The van der Waals surface area contributed by atoms with Crippen molar-refractivity contribution >= 4 is 23.4 Å². The number of hydrogen-bond donors (Lipinski definition) is 1. The van der Waals surface area contributed by atoms with Crippen LogP contribution in [0.5, 0.6) is 0 Å². The van der Waals surface area contributed by atoms with Crippen LogP contribution in [0.25, 0.3) is 0 Å². The van der Waals surface area contributed by atoms with Crippen molar-refractivity contribution in [2.75, 3.05) is 11.1 Å². The highest BCUT2D eigenvalue weighted by atomic mass is 32.2. The molecular weight excluding hydrogens is 270 g/mol. The van der Waals surface area contributed by atoms with Crippen LogP contribution in [0.4, 0.5) is 5.69 Å². The standard InChI is InChI=1S/C15H17N3OS/c1-10-5-4-6-13(12(10)3)18-14(19)9-20-15-16-8-7-11(2)17-15/h4-8H,9H2,1-3H3,(H,18,19). The van der Waals surface area contributed by atoms with Gasteiger partial charge in [0.1, 0.15) is 0 Å². The van der Waals surface area contributed by atoms with E-state index < -0.39 is 0 Å². The third-order valence-corrected chi connectivity index (χ3v) is 3.85. The molecule has 2 aromatic rings. The average molecular weight is 287 g/mol. The van der Waals surface area contributed by atoms with Crippen LogP contribution in [0.2, 0.25) is 0 Å². The summed E-state index contributed by atoms with van der Waals surface area (Å²) in [6.07, 6.45) is 1.70. The zero-order valence-corrected chi connectivity index (χ0v) is 12.6. The van der Waals surface area contributed by atoms with Crippen LogP contribution in [0.3, 0.4) is 0 Å². The predicted molar refractivity (Wildman–Crippen MR) is 82.0 cm³/mol. The normalized spacial score (nSPS) is 10.3. The van der Waals surface area contributed by atoms with Crippen LogP contribution in [0.1, 0.15) is 16.8 Å². The number of thioether (sulfide) groups is 1. The molecule has 104 valence electrons. The third-order valence-electron chi connectivity index (χ3n) is 2.98. The van der Waals surface area contributed by atoms with Gasteiger partial charge in [-0.1, -0.05) is 23.9 Å². The summed E-state index contributed by atoms with van der Waals surface area (Å²) in [7, 11) is 0. The molecule has 1 amide bonds. The van der Waals surface area contributed by atoms with E-state index in [2.05, 4.69) is 15.3 Å². The number of carbonyl (C=O) groups excluding carboxylic acids is 1. The number of nitrogens with zero attached hydrogens (tertiary/aromatic N) is 2. The number of benzene rings is 1. The molecule has 0 aliphatic rings. The fraction of sp³-hybridized carbons (Fsp3) is 0.267. The largest absolute Gasteiger partial charge is 0.325 e. The molecule has 20 heavy (non-hydrogen) atoms. The first-order valence-corrected chi connectivity index (χ1v) is 7.33. The molecule has 4 nitrogen and oxygen atoms in total. The van der Waals surface area contributed by atoms with E-state index in [4.69, 9.17) is 0 Å². The second kappa shape index (κ2) is 6.52. The highest BCUT2D eigenvalue weighted by molar-refractivity contribution is 7.99. The maximum Gasteiger partial charge on any atom is 0.234 e. The third kappa shape index (κ3) is 3.81. The first-order chi connectivity index (χ1) is 9.56. The molecule has 1 aromatic heterocycles. The SMILES string of the molecule is Cc1ccnc(SCC(=O)Nc2cccc(C)c2C)n1. The molecule has 0 saturated heterocycles. The summed E-state index contributed by atoms with van der Waals surface area (Å²) >= 11 is 1.34. The van der Waals surface area contributed by atoms with Gasteiger partial charge in [-0.25, -0.2) is 9.97 Å². The second-order valence-corrected chi connectivity index (χ2v) is 5.51. The van der Waals surface area contributed by atoms with E-state index in [0.717, 1.165) is 22.5 Å². The minimum absolute atomic E-state index is 0.0474. The van der Waals surface area contributed by atoms with Gasteiger partial charge in [-0.05, 0) is 44.0 Å². The second-order valence-electron chi connectivity index (χ2n) is 4.56. The maximum absolute atomic E-state index is 11.9. The Balaban J connectivity index is 1.94. The van der Waals surface area contributed by atoms with E-state index >= 15 is 0 Å². The molecule has 0 spiro atoms. The quantitative estimate of drug-likeness (QED) is 0.693. The summed E-state index contributed by atoms with van der Waals surface area (Å²) < 4.78 is 0. The van der Waals surface area contributed by atoms with Crippen LogP contribution in [-0.4, -0.2) is 21.6 Å². The van der Waals surface area contributed by atoms with E-state index in [1.54, 1.807) is 6.20 Å². The molecule has 0 saturated carbocycles. The molecule has 0 unspecified atom stereocenters. The summed E-state index contributed by atoms with van der Waals surface area (Å²) in [4.78, 5) is 20.3. The average Bonchev–Trinajstić information content (AvgIpc) is 2.42. The number of hydrogen-bond acceptors (Lipinski definition) is 4. The van der Waals surface area contributed by atoms with Crippen LogP contribution in [0.15, 0.2) is 35.6 Å². The van der Waals surface area contributed by atoms with Crippen molar-refractivity contribution < 1.29 is 4.79 Å². The zero-order valence-electron chi connectivity index (χ0n) is 11.8. The predicted octanol–water partition coefficient (Wildman–Crippen LogP) is 3.13. The number of nitrogens with one attached hydrogen (secondary N) is 1. The smallest absolute Gasteiger partial charge is 0.234 e. The number of carbonyl (C=O) groups is 1. The first kappa shape index (κ1) is 14.5. The Morgan fingerprint density at radius 3 is 2.80 bits per heavy atom. The van der Waals surface area contributed by atoms with Gasteiger partial charge in [0.15, 0.2) is 5.16 Å². The van der Waals surface area contributed by atoms with Crippen LogP contribution < -0.4 is 5.32 Å². The Bertz CT molecular complexity index is 628. The van der Waals surface area contributed by atoms with Crippen molar-refractivity contribution in [3.05, 3.63) is 47.3 Å². The molecule has 0 aliphatic heterocycles. The van der Waals surface area contributed by atoms with E-state index in [-0.39, 0.29) is 5.91 Å². The first-order valence-electron chi connectivity index (χ1n) is 6.35. The number of aryl methyl sites for hydroxylation is 2. The van der Waals surface area contributed by atoms with E-state index in [9.17, 15) is 4.79 Å². The van der Waals surface area contributed by atoms with Crippen molar-refractivity contribution in [2.45, 2.75) is 25.9 Å². The van der Waals surface area contributed by atoms with Gasteiger partial charge in [-0.3, -0.25) is 4.79 Å². The van der Waals surface area contributed by atoms with Gasteiger partial charge in [0.05, 0.1) is 5.75 Å². The van der Waals surface area contributed by atoms with E-state index in [0.29, 0.717) is 10.9 Å². The molecule has 0 aliphatic carbocycles.